The van der Waals surface area contributed by atoms with Crippen LogP contribution in [0.15, 0.2) is 24.4 Å². The standard InChI is InChI=1S/C15H20N2O/c1-11-3-4-15-12(9-11)13(10-17(15)2)14-5-7-18-8-6-16-14/h3-4,9-10,14,16H,5-8H2,1-2H3. The summed E-state index contributed by atoms with van der Waals surface area (Å²) in [6.07, 6.45) is 3.31. The number of fused-ring (bicyclic) bond motifs is 1. The van der Waals surface area contributed by atoms with Crippen LogP contribution in [0.25, 0.3) is 10.9 Å². The Bertz CT molecular complexity index is 551. The normalized spacial score (nSPS) is 21.1. The lowest BCUT2D eigenvalue weighted by atomic mass is 10.0. The molecule has 0 bridgehead atoms. The van der Waals surface area contributed by atoms with E-state index in [1.54, 1.807) is 0 Å². The van der Waals surface area contributed by atoms with Crippen molar-refractivity contribution in [3.05, 3.63) is 35.5 Å². The Hall–Kier alpha value is -1.32. The first kappa shape index (κ1) is 11.8. The van der Waals surface area contributed by atoms with E-state index >= 15 is 0 Å². The molecule has 0 radical (unpaired) electrons. The maximum absolute atomic E-state index is 5.52. The van der Waals surface area contributed by atoms with E-state index in [1.807, 2.05) is 0 Å². The summed E-state index contributed by atoms with van der Waals surface area (Å²) in [6, 6.07) is 7.09. The molecule has 2 aromatic rings. The molecule has 3 rings (SSSR count). The summed E-state index contributed by atoms with van der Waals surface area (Å²) in [5, 5.41) is 4.96. The molecule has 18 heavy (non-hydrogen) atoms. The molecule has 1 aromatic heterocycles. The highest BCUT2D eigenvalue weighted by molar-refractivity contribution is 5.85. The molecule has 0 saturated carbocycles. The Labute approximate surface area is 108 Å². The third-order valence-corrected chi connectivity index (χ3v) is 3.74. The summed E-state index contributed by atoms with van der Waals surface area (Å²) in [4.78, 5) is 0. The number of benzene rings is 1. The molecule has 2 heterocycles. The second-order valence-electron chi connectivity index (χ2n) is 5.12. The minimum absolute atomic E-state index is 0.415. The number of aromatic nitrogens is 1. The first-order valence-corrected chi connectivity index (χ1v) is 6.62. The van der Waals surface area contributed by atoms with Gasteiger partial charge in [-0.3, -0.25) is 0 Å². The minimum atomic E-state index is 0.415. The van der Waals surface area contributed by atoms with Gasteiger partial charge >= 0.3 is 0 Å². The second-order valence-corrected chi connectivity index (χ2v) is 5.12. The van der Waals surface area contributed by atoms with Gasteiger partial charge in [-0.05, 0) is 31.0 Å². The predicted molar refractivity (Wildman–Crippen MR) is 73.8 cm³/mol. The van der Waals surface area contributed by atoms with Gasteiger partial charge in [0, 0.05) is 43.3 Å². The van der Waals surface area contributed by atoms with Crippen LogP contribution < -0.4 is 5.32 Å². The van der Waals surface area contributed by atoms with Crippen molar-refractivity contribution >= 4 is 10.9 Å². The third-order valence-electron chi connectivity index (χ3n) is 3.74. The number of aryl methyl sites for hydroxylation is 2. The van der Waals surface area contributed by atoms with Gasteiger partial charge in [-0.15, -0.1) is 0 Å². The van der Waals surface area contributed by atoms with Crippen molar-refractivity contribution in [3.8, 4) is 0 Å². The fourth-order valence-corrected chi connectivity index (χ4v) is 2.79. The van der Waals surface area contributed by atoms with Crippen molar-refractivity contribution in [1.82, 2.24) is 9.88 Å². The largest absolute Gasteiger partial charge is 0.380 e. The van der Waals surface area contributed by atoms with E-state index in [0.29, 0.717) is 6.04 Å². The molecule has 0 aliphatic carbocycles. The molecule has 0 amide bonds. The zero-order chi connectivity index (χ0) is 12.5. The van der Waals surface area contributed by atoms with Gasteiger partial charge in [-0.25, -0.2) is 0 Å². The zero-order valence-electron chi connectivity index (χ0n) is 11.1. The molecular weight excluding hydrogens is 224 g/mol. The van der Waals surface area contributed by atoms with Crippen LogP contribution in [-0.2, 0) is 11.8 Å². The maximum atomic E-state index is 5.52. The van der Waals surface area contributed by atoms with Crippen LogP contribution in [0.5, 0.6) is 0 Å². The quantitative estimate of drug-likeness (QED) is 0.834. The number of hydrogen-bond donors (Lipinski definition) is 1. The van der Waals surface area contributed by atoms with Gasteiger partial charge in [0.15, 0.2) is 0 Å². The lowest BCUT2D eigenvalue weighted by Crippen LogP contribution is -2.21. The number of nitrogens with zero attached hydrogens (tertiary/aromatic N) is 1. The highest BCUT2D eigenvalue weighted by Crippen LogP contribution is 2.29. The highest BCUT2D eigenvalue weighted by Gasteiger charge is 2.18. The van der Waals surface area contributed by atoms with Gasteiger partial charge in [0.05, 0.1) is 6.61 Å². The van der Waals surface area contributed by atoms with Crippen LogP contribution in [0.4, 0.5) is 0 Å². The number of ether oxygens (including phenoxy) is 1. The van der Waals surface area contributed by atoms with Crippen LogP contribution >= 0.6 is 0 Å². The first-order valence-electron chi connectivity index (χ1n) is 6.62. The molecule has 1 atom stereocenters. The van der Waals surface area contributed by atoms with Crippen LogP contribution in [0.2, 0.25) is 0 Å². The lowest BCUT2D eigenvalue weighted by molar-refractivity contribution is 0.150. The fourth-order valence-electron chi connectivity index (χ4n) is 2.79. The Kier molecular flexibility index (Phi) is 3.10. The van der Waals surface area contributed by atoms with E-state index < -0.39 is 0 Å². The summed E-state index contributed by atoms with van der Waals surface area (Å²) in [7, 11) is 2.12. The summed E-state index contributed by atoms with van der Waals surface area (Å²) in [6.45, 7) is 4.76. The molecule has 3 nitrogen and oxygen atoms in total. The summed E-state index contributed by atoms with van der Waals surface area (Å²) < 4.78 is 7.74. The summed E-state index contributed by atoms with van der Waals surface area (Å²) >= 11 is 0. The van der Waals surface area contributed by atoms with Gasteiger partial charge in [0.2, 0.25) is 0 Å². The van der Waals surface area contributed by atoms with Gasteiger partial charge in [0.25, 0.3) is 0 Å². The number of nitrogens with one attached hydrogen (secondary N) is 1. The molecule has 96 valence electrons. The monoisotopic (exact) mass is 244 g/mol. The number of rotatable bonds is 1. The van der Waals surface area contributed by atoms with E-state index in [4.69, 9.17) is 4.74 Å². The predicted octanol–water partition coefficient (Wildman–Crippen LogP) is 2.54. The molecule has 1 aliphatic rings. The molecule has 1 fully saturated rings. The smallest absolute Gasteiger partial charge is 0.0591 e. The van der Waals surface area contributed by atoms with E-state index in [1.165, 1.54) is 22.0 Å². The van der Waals surface area contributed by atoms with Crippen LogP contribution in [-0.4, -0.2) is 24.3 Å². The molecular formula is C15H20N2O. The fraction of sp³-hybridized carbons (Fsp3) is 0.467. The molecule has 1 aliphatic heterocycles. The van der Waals surface area contributed by atoms with E-state index in [2.05, 4.69) is 48.3 Å². The maximum Gasteiger partial charge on any atom is 0.0591 e. The van der Waals surface area contributed by atoms with E-state index in [9.17, 15) is 0 Å². The lowest BCUT2D eigenvalue weighted by Gasteiger charge is -2.14. The highest BCUT2D eigenvalue weighted by atomic mass is 16.5. The van der Waals surface area contributed by atoms with Gasteiger partial charge in [-0.2, -0.15) is 0 Å². The number of hydrogen-bond acceptors (Lipinski definition) is 2. The second kappa shape index (κ2) is 4.75. The van der Waals surface area contributed by atoms with Gasteiger partial charge < -0.3 is 14.6 Å². The molecule has 1 saturated heterocycles. The Balaban J connectivity index is 2.07. The Morgan fingerprint density at radius 1 is 1.33 bits per heavy atom. The van der Waals surface area contributed by atoms with Gasteiger partial charge in [0.1, 0.15) is 0 Å². The Morgan fingerprint density at radius 3 is 3.11 bits per heavy atom. The first-order chi connectivity index (χ1) is 8.75. The van der Waals surface area contributed by atoms with Crippen LogP contribution in [0.1, 0.15) is 23.6 Å². The van der Waals surface area contributed by atoms with Crippen molar-refractivity contribution in [3.63, 3.8) is 0 Å². The summed E-state index contributed by atoms with van der Waals surface area (Å²) in [5.41, 5.74) is 4.03. The Morgan fingerprint density at radius 2 is 2.22 bits per heavy atom. The van der Waals surface area contributed by atoms with Crippen LogP contribution in [0, 0.1) is 6.92 Å². The van der Waals surface area contributed by atoms with Crippen molar-refractivity contribution < 1.29 is 4.74 Å². The SMILES string of the molecule is Cc1ccc2c(c1)c(C1CCOCCN1)cn2C. The summed E-state index contributed by atoms with van der Waals surface area (Å²) in [5.74, 6) is 0. The van der Waals surface area contributed by atoms with Crippen molar-refractivity contribution in [2.75, 3.05) is 19.8 Å². The van der Waals surface area contributed by atoms with Crippen molar-refractivity contribution in [1.29, 1.82) is 0 Å². The minimum Gasteiger partial charge on any atom is -0.380 e. The zero-order valence-corrected chi connectivity index (χ0v) is 11.1. The molecule has 1 aromatic carbocycles. The molecule has 0 spiro atoms. The van der Waals surface area contributed by atoms with Crippen molar-refractivity contribution in [2.24, 2.45) is 7.05 Å². The molecule has 3 heteroatoms. The third kappa shape index (κ3) is 2.04. The average Bonchev–Trinajstić information content (AvgIpc) is 2.58. The van der Waals surface area contributed by atoms with E-state index in [-0.39, 0.29) is 0 Å². The van der Waals surface area contributed by atoms with Crippen molar-refractivity contribution in [2.45, 2.75) is 19.4 Å². The topological polar surface area (TPSA) is 26.2 Å². The van der Waals surface area contributed by atoms with Crippen LogP contribution in [0.3, 0.4) is 0 Å². The molecule has 1 unspecified atom stereocenters. The average molecular weight is 244 g/mol. The van der Waals surface area contributed by atoms with Gasteiger partial charge in [-0.1, -0.05) is 11.6 Å². The molecule has 1 N–H and O–H groups in total. The van der Waals surface area contributed by atoms with E-state index in [0.717, 1.165) is 26.2 Å².